The van der Waals surface area contributed by atoms with Gasteiger partial charge in [-0.25, -0.2) is 4.79 Å². The largest absolute Gasteiger partial charge is 0.391 e. The number of amides is 12. The highest BCUT2D eigenvalue weighted by atomic mass is 16.3. The Bertz CT molecular complexity index is 2490. The molecule has 1 heterocycles. The van der Waals surface area contributed by atoms with E-state index in [1.807, 2.05) is 0 Å². The number of urea groups is 1. The number of benzene rings is 2. The van der Waals surface area contributed by atoms with Crippen LogP contribution in [0.3, 0.4) is 0 Å². The molecule has 0 unspecified atom stereocenters. The summed E-state index contributed by atoms with van der Waals surface area (Å²) in [5.41, 5.74) is 30.3. The van der Waals surface area contributed by atoms with Gasteiger partial charge in [-0.2, -0.15) is 0 Å². The van der Waals surface area contributed by atoms with Crippen molar-refractivity contribution in [2.75, 3.05) is 44.6 Å². The lowest BCUT2D eigenvalue weighted by Gasteiger charge is -2.29. The molecular formula is C54H87N17O13. The Morgan fingerprint density at radius 1 is 0.536 bits per heavy atom. The van der Waals surface area contributed by atoms with E-state index in [-0.39, 0.29) is 83.6 Å². The predicted molar refractivity (Wildman–Crippen MR) is 309 cm³/mol. The summed E-state index contributed by atoms with van der Waals surface area (Å²) in [6, 6.07) is 1.01. The van der Waals surface area contributed by atoms with Crippen LogP contribution in [0.5, 0.6) is 0 Å². The zero-order chi connectivity index (χ0) is 62.5. The zero-order valence-corrected chi connectivity index (χ0v) is 48.0. The first kappa shape index (κ1) is 70.4. The summed E-state index contributed by atoms with van der Waals surface area (Å²) >= 11 is 0. The van der Waals surface area contributed by atoms with Crippen LogP contribution in [-0.2, 0) is 54.4 Å². The standard InChI is InChI=1S/C54H87N17O13/c1-29(2)27-40-50(80)64-34(15-21-55)44(74)63-37(18-24-58)48(78)70-42(30(3)72)52(82)60-26-20-39(47(77)62-35(16-22-56)46(76)68-41(51(81)67-40)28-32-11-7-5-8-12-32)65-45(75)36(17-23-57)66-53(83)43(31(4)73)71-49(79)38(19-25-59)69-54(84)61-33-13-9-6-10-14-33/h5-14,29-31,34-43,72-73H,15-28,55-59H2,1-4H3,(H,60,82)(H,62,77)(H,63,74)(H,64,80)(H,65,75)(H,66,83)(H,67,81)(H,68,76)(H,70,78)(H,71,79)(H2,61,69,84)/t30-,31-,34+,35+,36+,37+,38+,39+,40+,41-,42+,43+/m1/s1. The highest BCUT2D eigenvalue weighted by Crippen LogP contribution is 2.12. The van der Waals surface area contributed by atoms with Crippen LogP contribution in [0.4, 0.5) is 10.5 Å². The number of anilines is 1. The Morgan fingerprint density at radius 3 is 1.50 bits per heavy atom. The third kappa shape index (κ3) is 23.8. The van der Waals surface area contributed by atoms with Gasteiger partial charge in [-0.1, -0.05) is 62.4 Å². The molecule has 84 heavy (non-hydrogen) atoms. The van der Waals surface area contributed by atoms with Crippen molar-refractivity contribution in [2.45, 2.75) is 152 Å². The van der Waals surface area contributed by atoms with Crippen LogP contribution in [0.25, 0.3) is 0 Å². The van der Waals surface area contributed by atoms with E-state index < -0.39 is 151 Å². The average molecular weight is 1180 g/mol. The Balaban J connectivity index is 2.08. The number of carbonyl (C=O) groups is 11. The fourth-order valence-electron chi connectivity index (χ4n) is 8.72. The molecule has 2 aromatic carbocycles. The van der Waals surface area contributed by atoms with Gasteiger partial charge in [-0.05, 0) is 115 Å². The number of hydrogen-bond donors (Lipinski definition) is 19. The molecule has 0 bridgehead atoms. The second kappa shape index (κ2) is 36.7. The van der Waals surface area contributed by atoms with Crippen LogP contribution < -0.4 is 92.5 Å². The summed E-state index contributed by atoms with van der Waals surface area (Å²) < 4.78 is 0. The molecule has 30 heteroatoms. The van der Waals surface area contributed by atoms with Crippen molar-refractivity contribution in [3.05, 3.63) is 66.2 Å². The van der Waals surface area contributed by atoms with Crippen LogP contribution in [0.15, 0.2) is 60.7 Å². The normalized spacial score (nSPS) is 22.5. The fourth-order valence-corrected chi connectivity index (χ4v) is 8.72. The van der Waals surface area contributed by atoms with Gasteiger partial charge in [0.05, 0.1) is 12.2 Å². The van der Waals surface area contributed by atoms with Gasteiger partial charge in [0, 0.05) is 18.7 Å². The topological polar surface area (TPSA) is 503 Å². The van der Waals surface area contributed by atoms with Crippen molar-refractivity contribution in [1.82, 2.24) is 58.5 Å². The van der Waals surface area contributed by atoms with E-state index in [1.165, 1.54) is 13.8 Å². The monoisotopic (exact) mass is 1180 g/mol. The van der Waals surface area contributed by atoms with E-state index in [4.69, 9.17) is 28.7 Å². The van der Waals surface area contributed by atoms with Crippen molar-refractivity contribution in [3.63, 3.8) is 0 Å². The minimum Gasteiger partial charge on any atom is -0.391 e. The summed E-state index contributed by atoms with van der Waals surface area (Å²) in [7, 11) is 0. The lowest BCUT2D eigenvalue weighted by atomic mass is 10.00. The first-order valence-electron chi connectivity index (χ1n) is 28.0. The summed E-state index contributed by atoms with van der Waals surface area (Å²) in [5, 5.41) is 51.9. The molecule has 1 aliphatic rings. The smallest absolute Gasteiger partial charge is 0.319 e. The summed E-state index contributed by atoms with van der Waals surface area (Å²) in [6.07, 6.45) is -4.68. The molecule has 0 aromatic heterocycles. The molecule has 24 N–H and O–H groups in total. The predicted octanol–water partition coefficient (Wildman–Crippen LogP) is -6.15. The van der Waals surface area contributed by atoms with Gasteiger partial charge in [0.25, 0.3) is 0 Å². The molecule has 30 nitrogen and oxygen atoms in total. The zero-order valence-electron chi connectivity index (χ0n) is 48.0. The second-order valence-corrected chi connectivity index (χ2v) is 20.7. The highest BCUT2D eigenvalue weighted by Gasteiger charge is 2.37. The Labute approximate surface area is 487 Å². The van der Waals surface area contributed by atoms with Crippen LogP contribution in [0, 0.1) is 5.92 Å². The summed E-state index contributed by atoms with van der Waals surface area (Å²) in [5.74, 6) is -9.72. The lowest BCUT2D eigenvalue weighted by Crippen LogP contribution is -2.62. The Kier molecular flexibility index (Phi) is 30.7. The number of hydrogen-bond acceptors (Lipinski definition) is 18. The molecule has 2 aromatic rings. The molecule has 3 rings (SSSR count). The summed E-state index contributed by atoms with van der Waals surface area (Å²) in [6.45, 7) is 4.66. The summed E-state index contributed by atoms with van der Waals surface area (Å²) in [4.78, 5) is 154. The Hall–Kier alpha value is -7.87. The van der Waals surface area contributed by atoms with Gasteiger partial charge in [-0.3, -0.25) is 47.9 Å². The maximum atomic E-state index is 14.5. The van der Waals surface area contributed by atoms with E-state index in [2.05, 4.69) is 63.8 Å². The van der Waals surface area contributed by atoms with E-state index in [9.17, 15) is 63.0 Å². The first-order valence-corrected chi connectivity index (χ1v) is 28.0. The van der Waals surface area contributed by atoms with E-state index in [0.717, 1.165) is 0 Å². The van der Waals surface area contributed by atoms with Gasteiger partial charge in [-0.15, -0.1) is 0 Å². The molecule has 12 atom stereocenters. The molecule has 1 saturated heterocycles. The third-order valence-electron chi connectivity index (χ3n) is 13.2. The molecule has 0 spiro atoms. The molecule has 12 amide bonds. The average Bonchev–Trinajstić information content (AvgIpc) is 3.64. The third-order valence-corrected chi connectivity index (χ3v) is 13.2. The quantitative estimate of drug-likeness (QED) is 0.0465. The molecule has 466 valence electrons. The van der Waals surface area contributed by atoms with Crippen molar-refractivity contribution >= 4 is 70.8 Å². The Morgan fingerprint density at radius 2 is 1.00 bits per heavy atom. The molecule has 0 radical (unpaired) electrons. The molecule has 1 fully saturated rings. The SMILES string of the molecule is CC(C)C[C@@H]1NC(=O)[C@@H](Cc2ccccc2)NC(=O)[C@H](CCN)NC(=O)[C@@H](NC(=O)[C@H](CCN)NC(=O)[C@@H](NC(=O)[C@H](CCN)NC(=O)Nc2ccccc2)[C@@H](C)O)CCNC(=O)[C@H]([C@@H](C)O)NC(=O)[C@H](CCN)NC(=O)[C@H](CCN)NC1=O. The van der Waals surface area contributed by atoms with Crippen LogP contribution >= 0.6 is 0 Å². The van der Waals surface area contributed by atoms with Gasteiger partial charge >= 0.3 is 6.03 Å². The van der Waals surface area contributed by atoms with E-state index in [1.54, 1.807) is 74.5 Å². The number of nitrogens with two attached hydrogens (primary N) is 5. The molecular weight excluding hydrogens is 1090 g/mol. The number of rotatable bonds is 24. The number of carbonyl (C=O) groups excluding carboxylic acids is 11. The van der Waals surface area contributed by atoms with Crippen molar-refractivity contribution in [2.24, 2.45) is 34.6 Å². The van der Waals surface area contributed by atoms with Crippen molar-refractivity contribution in [1.29, 1.82) is 0 Å². The number of aliphatic hydroxyl groups is 2. The van der Waals surface area contributed by atoms with Gasteiger partial charge in [0.1, 0.15) is 60.4 Å². The lowest BCUT2D eigenvalue weighted by molar-refractivity contribution is -0.136. The van der Waals surface area contributed by atoms with Crippen molar-refractivity contribution < 1.29 is 63.0 Å². The fraction of sp³-hybridized carbons (Fsp3) is 0.574. The number of aliphatic hydroxyl groups excluding tert-OH is 2. The number of para-hydroxylation sites is 1. The highest BCUT2D eigenvalue weighted by molar-refractivity contribution is 6.00. The van der Waals surface area contributed by atoms with Gasteiger partial charge in [0.15, 0.2) is 0 Å². The van der Waals surface area contributed by atoms with Crippen LogP contribution in [0.1, 0.15) is 78.2 Å². The minimum absolute atomic E-state index is 0.0403. The van der Waals surface area contributed by atoms with Gasteiger partial charge in [0.2, 0.25) is 59.1 Å². The van der Waals surface area contributed by atoms with Crippen LogP contribution in [0.2, 0.25) is 0 Å². The molecule has 0 saturated carbocycles. The molecule has 0 aliphatic carbocycles. The number of nitrogens with one attached hydrogen (secondary N) is 12. The minimum atomic E-state index is -1.75. The van der Waals surface area contributed by atoms with E-state index >= 15 is 0 Å². The van der Waals surface area contributed by atoms with E-state index in [0.29, 0.717) is 11.3 Å². The second-order valence-electron chi connectivity index (χ2n) is 20.7. The molecule has 1 aliphatic heterocycles. The maximum absolute atomic E-state index is 14.5. The first-order chi connectivity index (χ1) is 40.0. The van der Waals surface area contributed by atoms with Gasteiger partial charge < -0.3 is 103 Å². The maximum Gasteiger partial charge on any atom is 0.319 e. The van der Waals surface area contributed by atoms with Crippen LogP contribution in [-0.4, -0.2) is 187 Å². The van der Waals surface area contributed by atoms with Crippen molar-refractivity contribution in [3.8, 4) is 0 Å².